The van der Waals surface area contributed by atoms with Crippen LogP contribution in [0.15, 0.2) is 73.8 Å². The molecule has 5 aromatic carbocycles. The molecule has 21 rings (SSSR count). The fourth-order valence-electron chi connectivity index (χ4n) is 15.7. The smallest absolute Gasteiger partial charge is 0.262 e. The van der Waals surface area contributed by atoms with E-state index < -0.39 is 18.4 Å². The van der Waals surface area contributed by atoms with Crippen LogP contribution in [0.3, 0.4) is 0 Å². The van der Waals surface area contributed by atoms with Gasteiger partial charge in [-0.3, -0.25) is 14.4 Å². The van der Waals surface area contributed by atoms with E-state index in [1.165, 1.54) is 46.9 Å². The van der Waals surface area contributed by atoms with Gasteiger partial charge in [0.25, 0.3) is 23.6 Å². The van der Waals surface area contributed by atoms with Crippen LogP contribution in [0.2, 0.25) is 50.2 Å². The summed E-state index contributed by atoms with van der Waals surface area (Å²) in [7, 11) is 3.40. The first-order chi connectivity index (χ1) is 65.1. The minimum absolute atomic E-state index is 0.0000756. The van der Waals surface area contributed by atoms with E-state index in [0.717, 1.165) is 129 Å². The third-order valence-electron chi connectivity index (χ3n) is 21.9. The zero-order valence-corrected chi connectivity index (χ0v) is 83.5. The van der Waals surface area contributed by atoms with E-state index in [-0.39, 0.29) is 46.4 Å². The van der Waals surface area contributed by atoms with Crippen LogP contribution in [0.5, 0.6) is 28.7 Å². The largest absolute Gasteiger partial charge is 0.491 e. The number of hydrogen-bond donors (Lipinski definition) is 10. The van der Waals surface area contributed by atoms with Crippen LogP contribution in [0.4, 0.5) is 38.5 Å². The predicted octanol–water partition coefficient (Wildman–Crippen LogP) is 21.7. The predicted molar refractivity (Wildman–Crippen MR) is 545 cm³/mol. The topological polar surface area (TPSA) is 426 Å². The number of nitrogen functional groups attached to an aromatic ring is 5. The highest BCUT2D eigenvalue weighted by Gasteiger charge is 2.35. The second-order valence-corrected chi connectivity index (χ2v) is 40.5. The number of nitrogens with zero attached hydrogens (tertiary/aromatic N) is 10. The highest BCUT2D eigenvalue weighted by Crippen LogP contribution is 2.54. The molecule has 0 unspecified atom stereocenters. The maximum absolute atomic E-state index is 13.1. The molecule has 1 fully saturated rings. The third kappa shape index (κ3) is 20.1. The van der Waals surface area contributed by atoms with Crippen LogP contribution in [0.25, 0.3) is 119 Å². The molecule has 15 aromatic rings. The first-order valence-electron chi connectivity index (χ1n) is 41.7. The molecule has 3 amide bonds. The highest BCUT2D eigenvalue weighted by atomic mass is 35.5. The fraction of sp³-hybridized carbons (Fsp3) is 0.256. The molecule has 0 saturated heterocycles. The van der Waals surface area contributed by atoms with Gasteiger partial charge in [0.2, 0.25) is 29.7 Å². The number of amides is 3. The van der Waals surface area contributed by atoms with E-state index in [9.17, 15) is 23.2 Å². The van der Waals surface area contributed by atoms with Gasteiger partial charge in [-0.05, 0) is 79.9 Å². The van der Waals surface area contributed by atoms with Gasteiger partial charge >= 0.3 is 0 Å². The second kappa shape index (κ2) is 40.5. The zero-order valence-electron chi connectivity index (χ0n) is 71.9. The molecule has 1 aliphatic carbocycles. The van der Waals surface area contributed by atoms with Crippen LogP contribution in [0.1, 0.15) is 99.7 Å². The lowest BCUT2D eigenvalue weighted by Crippen LogP contribution is -2.34. The van der Waals surface area contributed by atoms with Gasteiger partial charge in [-0.15, -0.1) is 56.7 Å². The minimum atomic E-state index is -3.01. The van der Waals surface area contributed by atoms with E-state index in [4.69, 9.17) is 173 Å². The summed E-state index contributed by atoms with van der Waals surface area (Å²) in [4.78, 5) is 87.4. The Morgan fingerprint density at radius 3 is 0.919 bits per heavy atom. The Morgan fingerprint density at radius 2 is 0.662 bits per heavy atom. The summed E-state index contributed by atoms with van der Waals surface area (Å²) in [5.74, 6) is -0.234. The third-order valence-corrected chi connectivity index (χ3v) is 30.0. The number of benzene rings is 5. The molecule has 5 aliphatic heterocycles. The number of fused-ring (bicyclic) bond motifs is 10. The number of nitrogens with two attached hydrogens (primary N) is 5. The molecule has 0 spiro atoms. The lowest BCUT2D eigenvalue weighted by Gasteiger charge is -2.12. The summed E-state index contributed by atoms with van der Waals surface area (Å²) in [5, 5.41) is 22.8. The molecule has 1 saturated carbocycles. The van der Waals surface area contributed by atoms with Gasteiger partial charge in [0.15, 0.2) is 0 Å². The summed E-state index contributed by atoms with van der Waals surface area (Å²) in [6.07, 6.45) is 6.60. The lowest BCUT2D eigenvalue weighted by molar-refractivity contribution is 0.0221. The number of nitrogens with one attached hydrogen (secondary N) is 5. The van der Waals surface area contributed by atoms with Gasteiger partial charge in [0.1, 0.15) is 52.9 Å². The van der Waals surface area contributed by atoms with Gasteiger partial charge in [0, 0.05) is 166 Å². The molecular formula is C90H76Cl10F2N20O9S5. The van der Waals surface area contributed by atoms with Gasteiger partial charge in [-0.25, -0.2) is 58.6 Å². The summed E-state index contributed by atoms with van der Waals surface area (Å²) in [5.41, 5.74) is 42.6. The summed E-state index contributed by atoms with van der Waals surface area (Å²) < 4.78 is 59.3. The van der Waals surface area contributed by atoms with E-state index >= 15 is 0 Å². The second-order valence-electron chi connectivity index (χ2n) is 31.3. The Bertz CT molecular complexity index is 7450. The number of hydrogen-bond acceptors (Lipinski definition) is 31. The molecule has 46 heteroatoms. The van der Waals surface area contributed by atoms with Crippen molar-refractivity contribution in [2.75, 3.05) is 102 Å². The number of carbonyl (C=O) groups excluding carboxylic acids is 3. The molecule has 0 radical (unpaired) electrons. The quantitative estimate of drug-likeness (QED) is 0.0317. The van der Waals surface area contributed by atoms with Crippen molar-refractivity contribution in [2.24, 2.45) is 0 Å². The standard InChI is InChI=1S/C19H16Cl2N4OS.C18H14Cl2F2N4O2S.C18H16Cl2N4O3S.C18H16Cl2N4O2S.C17H14Cl2N4OS/c1-8(23-9-2-3-9)14-6-11-16(24-19(22)25-18(11)27-14)15-10-4-5-26-17(10)13(21)7-12(15)20;1-18(21,22)6-24-15(27)11-4-8-13(25-17(23)26-16(8)29-11)12-7-2-3-28-14(7)10(20)5-9(12)19;1-26-5-3-22-16(25)12-6-9-14(23-18(21)24-17(9)28-12)13-8-2-4-27-15(8)11(20)7-10(13)19;1-2-4-22-16(25)12-6-9-14(23-18(21)24-17(9)27-12)13-8-3-5-26-15(8)11(20)7-10(13)19;1-7(21-2)12-5-9-14(22-17(20)23-16(9)25-12)13-8-3-4-24-15(8)11(19)6-10(13)18/h6-7,9,23H,1-5H2,(H2,22,24,25);4-5H,2-3,6H2,1H3,(H,24,27)(H2,23,25,26);6-7H,2-5H2,1H3,(H,22,25)(H2,21,23,24);6-7H,2-5H2,1H3,(H,22,25)(H2,21,23,24);5-6,21H,1,3-4H2,2H3,(H2,20,22,23). The van der Waals surface area contributed by atoms with Crippen LogP contribution in [-0.2, 0) is 36.8 Å². The molecule has 136 heavy (non-hydrogen) atoms. The van der Waals surface area contributed by atoms with Crippen LogP contribution in [0, 0.1) is 0 Å². The van der Waals surface area contributed by atoms with Crippen molar-refractivity contribution >= 4 is 283 Å². The van der Waals surface area contributed by atoms with Gasteiger partial charge < -0.3 is 83.7 Å². The first kappa shape index (κ1) is 97.2. The van der Waals surface area contributed by atoms with Crippen LogP contribution >= 0.6 is 173 Å². The Labute approximate surface area is 843 Å². The molecular weight excluding hydrogens is 2060 g/mol. The van der Waals surface area contributed by atoms with E-state index in [0.29, 0.717) is 232 Å². The number of halogens is 12. The van der Waals surface area contributed by atoms with Crippen molar-refractivity contribution in [3.8, 4) is 85.0 Å². The number of thiophene rings is 5. The Morgan fingerprint density at radius 1 is 0.404 bits per heavy atom. The number of methoxy groups -OCH3 is 1. The molecule has 0 bridgehead atoms. The average molecular weight is 2130 g/mol. The van der Waals surface area contributed by atoms with Gasteiger partial charge in [-0.1, -0.05) is 136 Å². The first-order valence-corrected chi connectivity index (χ1v) is 49.6. The summed E-state index contributed by atoms with van der Waals surface area (Å²) in [6, 6.07) is 17.9. The van der Waals surface area contributed by atoms with Crippen molar-refractivity contribution in [2.45, 2.75) is 77.2 Å². The average Bonchev–Trinajstić information content (AvgIpc) is 1.60. The molecule has 0 atom stereocenters. The molecule has 6 aliphatic rings. The molecule has 15 N–H and O–H groups in total. The molecule has 29 nitrogen and oxygen atoms in total. The Kier molecular flexibility index (Phi) is 28.9. The number of alkyl halides is 2. The van der Waals surface area contributed by atoms with E-state index in [1.807, 2.05) is 20.0 Å². The van der Waals surface area contributed by atoms with Gasteiger partial charge in [-0.2, -0.15) is 0 Å². The Hall–Kier alpha value is -10.5. The van der Waals surface area contributed by atoms with Crippen molar-refractivity contribution in [1.29, 1.82) is 0 Å². The minimum Gasteiger partial charge on any atom is -0.491 e. The number of ether oxygens (including phenoxy) is 6. The SMILES string of the molecule is C=C(NC)c1cc2c(-c3c(Cl)cc(Cl)c4c3CCO4)nc(N)nc2s1.C=C(NC1CC1)c1cc2c(-c3c(Cl)cc(Cl)c4c3CCO4)nc(N)nc2s1.CC(F)(F)CNC(=O)c1cc2c(-c3c(Cl)cc(Cl)c4c3CCO4)nc(N)nc2s1.CCCNC(=O)c1cc2c(-c3c(Cl)cc(Cl)c4c3CCO4)nc(N)nc2s1.COCCNC(=O)c1cc2c(-c3c(Cl)cc(Cl)c4c3CCO4)nc(N)nc2s1. The van der Waals surface area contributed by atoms with Crippen LogP contribution < -0.4 is 78.9 Å². The van der Waals surface area contributed by atoms with Crippen LogP contribution in [-0.4, -0.2) is 153 Å². The van der Waals surface area contributed by atoms with E-state index in [1.54, 1.807) is 67.0 Å². The summed E-state index contributed by atoms with van der Waals surface area (Å²) in [6.45, 7) is 14.2. The maximum atomic E-state index is 13.1. The molecule has 15 heterocycles. The summed E-state index contributed by atoms with van der Waals surface area (Å²) >= 11 is 70.5. The van der Waals surface area contributed by atoms with Crippen molar-refractivity contribution in [1.82, 2.24) is 76.4 Å². The van der Waals surface area contributed by atoms with Gasteiger partial charge in [0.05, 0.1) is 149 Å². The molecule has 10 aromatic heterocycles. The zero-order chi connectivity index (χ0) is 96.3. The lowest BCUT2D eigenvalue weighted by atomic mass is 10.00. The number of anilines is 5. The van der Waals surface area contributed by atoms with E-state index in [2.05, 4.69) is 95.6 Å². The number of aromatic nitrogens is 10. The maximum Gasteiger partial charge on any atom is 0.262 e. The highest BCUT2D eigenvalue weighted by molar-refractivity contribution is 7.22. The van der Waals surface area contributed by atoms with Crippen molar-refractivity contribution in [3.63, 3.8) is 0 Å². The number of carbonyl (C=O) groups is 3. The Balaban J connectivity index is 0.000000118. The molecule has 704 valence electrons. The van der Waals surface area contributed by atoms with Crippen molar-refractivity contribution < 1.29 is 51.6 Å². The number of rotatable bonds is 20. The monoisotopic (exact) mass is 2130 g/mol. The fourth-order valence-corrected chi connectivity index (χ4v) is 23.8. The van der Waals surface area contributed by atoms with Crippen molar-refractivity contribution in [3.05, 3.63) is 176 Å². The normalized spacial score (nSPS) is 13.5.